The first-order valence-electron chi connectivity index (χ1n) is 3.01. The minimum absolute atomic E-state index is 0. The molecule has 0 bridgehead atoms. The molecule has 0 saturated heterocycles. The van der Waals surface area contributed by atoms with Crippen molar-refractivity contribution in [3.8, 4) is 5.75 Å². The molecule has 0 unspecified atom stereocenters. The molecule has 0 N–H and O–H groups in total. The molecule has 1 aromatic carbocycles. The fourth-order valence-electron chi connectivity index (χ4n) is 0.595. The molecule has 1 aromatic rings. The predicted octanol–water partition coefficient (Wildman–Crippen LogP) is 1.47. The maximum absolute atomic E-state index is 5.11. The average Bonchev–Trinajstić information content (AvgIpc) is 2.03. The van der Waals surface area contributed by atoms with E-state index in [1.165, 1.54) is 0 Å². The van der Waals surface area contributed by atoms with E-state index in [9.17, 15) is 0 Å². The molecule has 0 aliphatic rings. The third-order valence-electron chi connectivity index (χ3n) is 1.03. The van der Waals surface area contributed by atoms with Crippen molar-refractivity contribution in [2.24, 2.45) is 0 Å². The van der Waals surface area contributed by atoms with E-state index in [-0.39, 0.29) is 17.1 Å². The first kappa shape index (κ1) is 10.5. The van der Waals surface area contributed by atoms with Gasteiger partial charge in [-0.05, 0) is 0 Å². The standard InChI is InChI=1S/C8H9O2.Mn/c1-9-7-10-8-5-3-2-4-6-8;/h3-6H,7H2,1H3;/q-1;. The molecule has 0 aromatic heterocycles. The van der Waals surface area contributed by atoms with E-state index in [0.29, 0.717) is 6.79 Å². The Bertz CT molecular complexity index is 177. The van der Waals surface area contributed by atoms with Crippen LogP contribution in [-0.2, 0) is 21.8 Å². The van der Waals surface area contributed by atoms with Crippen LogP contribution in [0, 0.1) is 6.07 Å². The molecule has 2 nitrogen and oxygen atoms in total. The molecule has 1 radical (unpaired) electrons. The second kappa shape index (κ2) is 6.23. The van der Waals surface area contributed by atoms with E-state index in [1.54, 1.807) is 19.2 Å². The van der Waals surface area contributed by atoms with Gasteiger partial charge in [-0.15, -0.1) is 12.1 Å². The molecule has 0 heterocycles. The van der Waals surface area contributed by atoms with Crippen LogP contribution in [0.3, 0.4) is 0 Å². The van der Waals surface area contributed by atoms with E-state index < -0.39 is 0 Å². The van der Waals surface area contributed by atoms with Crippen LogP contribution in [0.25, 0.3) is 0 Å². The zero-order valence-corrected chi connectivity index (χ0v) is 7.39. The summed E-state index contributed by atoms with van der Waals surface area (Å²) in [5.74, 6) is 0.806. The Morgan fingerprint density at radius 3 is 2.55 bits per heavy atom. The second-order valence-corrected chi connectivity index (χ2v) is 1.79. The van der Waals surface area contributed by atoms with Gasteiger partial charge in [-0.25, -0.2) is 0 Å². The van der Waals surface area contributed by atoms with Gasteiger partial charge in [0.25, 0.3) is 0 Å². The fourth-order valence-corrected chi connectivity index (χ4v) is 0.595. The first-order valence-corrected chi connectivity index (χ1v) is 3.01. The van der Waals surface area contributed by atoms with Crippen molar-refractivity contribution < 1.29 is 26.5 Å². The molecule has 11 heavy (non-hydrogen) atoms. The molecule has 0 spiro atoms. The van der Waals surface area contributed by atoms with Gasteiger partial charge in [-0.3, -0.25) is 0 Å². The Balaban J connectivity index is 0.000001000. The Morgan fingerprint density at radius 1 is 1.36 bits per heavy atom. The molecule has 1 rings (SSSR count). The summed E-state index contributed by atoms with van der Waals surface area (Å²) in [5, 5.41) is 0. The van der Waals surface area contributed by atoms with Crippen LogP contribution < -0.4 is 4.74 Å². The molecule has 0 aliphatic carbocycles. The smallest absolute Gasteiger partial charge is 0.185 e. The molecule has 0 amide bonds. The molecule has 0 aliphatic heterocycles. The van der Waals surface area contributed by atoms with Crippen molar-refractivity contribution >= 4 is 0 Å². The zero-order chi connectivity index (χ0) is 7.23. The Kier molecular flexibility index (Phi) is 5.94. The van der Waals surface area contributed by atoms with Gasteiger partial charge in [0, 0.05) is 29.9 Å². The largest absolute Gasteiger partial charge is 0.493 e. The third kappa shape index (κ3) is 4.04. The van der Waals surface area contributed by atoms with Gasteiger partial charge in [-0.1, -0.05) is 0 Å². The third-order valence-corrected chi connectivity index (χ3v) is 1.03. The van der Waals surface area contributed by atoms with Crippen LogP contribution in [0.2, 0.25) is 0 Å². The number of benzene rings is 1. The van der Waals surface area contributed by atoms with Crippen molar-refractivity contribution in [1.82, 2.24) is 0 Å². The van der Waals surface area contributed by atoms with Crippen molar-refractivity contribution in [3.05, 3.63) is 30.3 Å². The summed E-state index contributed by atoms with van der Waals surface area (Å²) in [4.78, 5) is 0. The number of ether oxygens (including phenoxy) is 2. The first-order chi connectivity index (χ1) is 4.93. The van der Waals surface area contributed by atoms with Gasteiger partial charge in [0.1, 0.15) is 0 Å². The van der Waals surface area contributed by atoms with Gasteiger partial charge < -0.3 is 9.47 Å². The van der Waals surface area contributed by atoms with Crippen molar-refractivity contribution in [2.75, 3.05) is 13.9 Å². The van der Waals surface area contributed by atoms with E-state index in [2.05, 4.69) is 6.07 Å². The zero-order valence-electron chi connectivity index (χ0n) is 6.21. The topological polar surface area (TPSA) is 18.5 Å². The van der Waals surface area contributed by atoms with E-state index >= 15 is 0 Å². The molecular weight excluding hydrogens is 183 g/mol. The van der Waals surface area contributed by atoms with Crippen molar-refractivity contribution in [3.63, 3.8) is 0 Å². The SMILES string of the molecule is COCOc1cc[c-]cc1.[Mn]. The molecule has 0 fully saturated rings. The quantitative estimate of drug-likeness (QED) is 0.410. The van der Waals surface area contributed by atoms with E-state index in [4.69, 9.17) is 9.47 Å². The molecule has 3 heteroatoms. The summed E-state index contributed by atoms with van der Waals surface area (Å²) in [6.45, 7) is 0.296. The van der Waals surface area contributed by atoms with Gasteiger partial charge >= 0.3 is 0 Å². The van der Waals surface area contributed by atoms with Crippen molar-refractivity contribution in [2.45, 2.75) is 0 Å². The fraction of sp³-hybridized carbons (Fsp3) is 0.250. The minimum Gasteiger partial charge on any atom is -0.493 e. The van der Waals surface area contributed by atoms with Crippen LogP contribution in [0.4, 0.5) is 0 Å². The van der Waals surface area contributed by atoms with Gasteiger partial charge in [-0.2, -0.15) is 18.2 Å². The van der Waals surface area contributed by atoms with Crippen molar-refractivity contribution in [1.29, 1.82) is 0 Å². The Labute approximate surface area is 77.0 Å². The predicted molar refractivity (Wildman–Crippen MR) is 37.8 cm³/mol. The summed E-state index contributed by atoms with van der Waals surface area (Å²) in [7, 11) is 1.59. The maximum Gasteiger partial charge on any atom is 0.185 e. The van der Waals surface area contributed by atoms with E-state index in [0.717, 1.165) is 5.75 Å². The Hall–Kier alpha value is -0.501. The van der Waals surface area contributed by atoms with Gasteiger partial charge in [0.05, 0.1) is 0 Å². The Morgan fingerprint density at radius 2 is 2.00 bits per heavy atom. The summed E-state index contributed by atoms with van der Waals surface area (Å²) >= 11 is 0. The number of hydrogen-bond acceptors (Lipinski definition) is 2. The number of hydrogen-bond donors (Lipinski definition) is 0. The number of rotatable bonds is 3. The minimum atomic E-state index is 0. The monoisotopic (exact) mass is 192 g/mol. The number of methoxy groups -OCH3 is 1. The summed E-state index contributed by atoms with van der Waals surface area (Å²) in [6, 6.07) is 10.1. The average molecular weight is 192 g/mol. The summed E-state index contributed by atoms with van der Waals surface area (Å²) < 4.78 is 9.83. The van der Waals surface area contributed by atoms with E-state index in [1.807, 2.05) is 12.1 Å². The van der Waals surface area contributed by atoms with Crippen LogP contribution in [-0.4, -0.2) is 13.9 Å². The normalized spacial score (nSPS) is 8.45. The van der Waals surface area contributed by atoms with Gasteiger partial charge in [0.15, 0.2) is 6.79 Å². The van der Waals surface area contributed by atoms with Gasteiger partial charge in [0.2, 0.25) is 0 Å². The van der Waals surface area contributed by atoms with Crippen LogP contribution in [0.15, 0.2) is 24.3 Å². The maximum atomic E-state index is 5.11. The van der Waals surface area contributed by atoms with Crippen LogP contribution >= 0.6 is 0 Å². The molecule has 0 atom stereocenters. The summed E-state index contributed by atoms with van der Waals surface area (Å²) in [6.07, 6.45) is 0. The second-order valence-electron chi connectivity index (χ2n) is 1.79. The molecular formula is C8H9MnO2-. The van der Waals surface area contributed by atoms with Crippen LogP contribution in [0.5, 0.6) is 5.75 Å². The van der Waals surface area contributed by atoms with Crippen LogP contribution in [0.1, 0.15) is 0 Å². The summed E-state index contributed by atoms with van der Waals surface area (Å²) in [5.41, 5.74) is 0. The molecule has 0 saturated carbocycles. The molecule has 61 valence electrons.